The van der Waals surface area contributed by atoms with Crippen molar-refractivity contribution in [3.05, 3.63) is 100 Å². The molecule has 5 aromatic rings. The lowest BCUT2D eigenvalue weighted by atomic mass is 9.98. The third-order valence-electron chi connectivity index (χ3n) is 7.55. The van der Waals surface area contributed by atoms with Crippen molar-refractivity contribution in [3.63, 3.8) is 0 Å². The standard InChI is InChI=1S/C32H31ClN6O2/c1-21-17-23(3-4-24(21)20-39-15-13-38(2)14-16-39)29(40)19-25-18-26(5-6-27(25)33)41-32-30-28(9-12-35-30)36-31(37-32)22-7-10-34-11-8-22/h3-12,17-18,35H,13-16,19-20H2,1-2H3. The molecule has 1 saturated heterocycles. The minimum absolute atomic E-state index is 0.00654. The fraction of sp³-hybridized carbons (Fsp3) is 0.250. The van der Waals surface area contributed by atoms with E-state index in [2.05, 4.69) is 49.8 Å². The monoisotopic (exact) mass is 566 g/mol. The number of piperazine rings is 1. The van der Waals surface area contributed by atoms with Crippen LogP contribution in [0.3, 0.4) is 0 Å². The van der Waals surface area contributed by atoms with Crippen LogP contribution in [-0.4, -0.2) is 68.7 Å². The zero-order chi connectivity index (χ0) is 28.3. The second-order valence-electron chi connectivity index (χ2n) is 10.5. The number of fused-ring (bicyclic) bond motifs is 1. The molecule has 9 heteroatoms. The van der Waals surface area contributed by atoms with Crippen molar-refractivity contribution < 1.29 is 9.53 Å². The highest BCUT2D eigenvalue weighted by molar-refractivity contribution is 6.31. The van der Waals surface area contributed by atoms with Crippen LogP contribution in [0, 0.1) is 6.92 Å². The molecular formula is C32H31ClN6O2. The lowest BCUT2D eigenvalue weighted by molar-refractivity contribution is 0.0993. The summed E-state index contributed by atoms with van der Waals surface area (Å²) in [5, 5.41) is 0.513. The second kappa shape index (κ2) is 11.8. The maximum atomic E-state index is 13.3. The first-order valence-electron chi connectivity index (χ1n) is 13.7. The summed E-state index contributed by atoms with van der Waals surface area (Å²) >= 11 is 6.53. The van der Waals surface area contributed by atoms with E-state index >= 15 is 0 Å². The molecule has 0 bridgehead atoms. The first kappa shape index (κ1) is 27.1. The number of Topliss-reactive ketones (excluding diaryl/α,β-unsaturated/α-hetero) is 1. The molecule has 0 amide bonds. The first-order valence-corrected chi connectivity index (χ1v) is 14.1. The highest BCUT2D eigenvalue weighted by Crippen LogP contribution is 2.31. The fourth-order valence-electron chi connectivity index (χ4n) is 5.05. The molecule has 41 heavy (non-hydrogen) atoms. The lowest BCUT2D eigenvalue weighted by Gasteiger charge is -2.32. The number of carbonyl (C=O) groups excluding carboxylic acids is 1. The van der Waals surface area contributed by atoms with Gasteiger partial charge in [-0.15, -0.1) is 0 Å². The normalized spacial score (nSPS) is 14.4. The van der Waals surface area contributed by atoms with Crippen molar-refractivity contribution in [2.45, 2.75) is 19.9 Å². The van der Waals surface area contributed by atoms with Crippen molar-refractivity contribution in [2.24, 2.45) is 0 Å². The van der Waals surface area contributed by atoms with Crippen LogP contribution in [-0.2, 0) is 13.0 Å². The number of aromatic amines is 1. The first-order chi connectivity index (χ1) is 19.9. The molecule has 0 unspecified atom stereocenters. The summed E-state index contributed by atoms with van der Waals surface area (Å²) in [7, 11) is 2.16. The Kier molecular flexibility index (Phi) is 7.78. The molecule has 2 aromatic carbocycles. The number of carbonyl (C=O) groups is 1. The minimum atomic E-state index is 0.00654. The molecule has 4 heterocycles. The van der Waals surface area contributed by atoms with Gasteiger partial charge in [-0.2, -0.15) is 4.98 Å². The molecule has 0 radical (unpaired) electrons. The number of ketones is 1. The number of H-pyrrole nitrogens is 1. The van der Waals surface area contributed by atoms with Crippen LogP contribution in [0.15, 0.2) is 73.2 Å². The Labute approximate surface area is 244 Å². The van der Waals surface area contributed by atoms with Gasteiger partial charge in [-0.05, 0) is 73.1 Å². The molecule has 1 aliphatic heterocycles. The van der Waals surface area contributed by atoms with Crippen molar-refractivity contribution >= 4 is 28.4 Å². The molecule has 0 saturated carbocycles. The minimum Gasteiger partial charge on any atom is -0.437 e. The van der Waals surface area contributed by atoms with Gasteiger partial charge in [0.1, 0.15) is 11.3 Å². The second-order valence-corrected chi connectivity index (χ2v) is 10.9. The molecule has 3 aromatic heterocycles. The van der Waals surface area contributed by atoms with Gasteiger partial charge in [0.15, 0.2) is 11.6 Å². The smallest absolute Gasteiger partial charge is 0.247 e. The van der Waals surface area contributed by atoms with Crippen molar-refractivity contribution in [3.8, 4) is 23.0 Å². The van der Waals surface area contributed by atoms with Crippen LogP contribution >= 0.6 is 11.6 Å². The number of hydrogen-bond donors (Lipinski definition) is 1. The summed E-state index contributed by atoms with van der Waals surface area (Å²) in [6.45, 7) is 7.26. The molecule has 1 aliphatic rings. The Morgan fingerprint density at radius 2 is 1.78 bits per heavy atom. The number of aryl methyl sites for hydroxylation is 1. The third kappa shape index (κ3) is 6.15. The van der Waals surface area contributed by atoms with Gasteiger partial charge in [0.25, 0.3) is 0 Å². The molecule has 1 N–H and O–H groups in total. The van der Waals surface area contributed by atoms with E-state index in [0.29, 0.717) is 39.1 Å². The number of nitrogens with zero attached hydrogens (tertiary/aromatic N) is 5. The van der Waals surface area contributed by atoms with Gasteiger partial charge < -0.3 is 14.6 Å². The fourth-order valence-corrected chi connectivity index (χ4v) is 5.24. The van der Waals surface area contributed by atoms with Crippen LogP contribution < -0.4 is 4.74 Å². The van der Waals surface area contributed by atoms with Crippen molar-refractivity contribution in [2.75, 3.05) is 33.2 Å². The SMILES string of the molecule is Cc1cc(C(=O)Cc2cc(Oc3nc(-c4ccncc4)nc4cc[nH]c34)ccc2Cl)ccc1CN1CCN(C)CC1. The predicted octanol–water partition coefficient (Wildman–Crippen LogP) is 5.95. The highest BCUT2D eigenvalue weighted by Gasteiger charge is 2.18. The van der Waals surface area contributed by atoms with Crippen LogP contribution in [0.5, 0.6) is 11.6 Å². The Hall–Kier alpha value is -4.11. The lowest BCUT2D eigenvalue weighted by Crippen LogP contribution is -2.43. The Balaban J connectivity index is 1.19. The number of benzene rings is 2. The third-order valence-corrected chi connectivity index (χ3v) is 7.92. The molecule has 208 valence electrons. The van der Waals surface area contributed by atoms with E-state index < -0.39 is 0 Å². The largest absolute Gasteiger partial charge is 0.437 e. The van der Waals surface area contributed by atoms with Crippen LogP contribution in [0.2, 0.25) is 5.02 Å². The zero-order valence-electron chi connectivity index (χ0n) is 23.1. The Bertz CT molecular complexity index is 1700. The Morgan fingerprint density at radius 1 is 0.976 bits per heavy atom. The number of ether oxygens (including phenoxy) is 1. The molecular weight excluding hydrogens is 536 g/mol. The van der Waals surface area contributed by atoms with Gasteiger partial charge in [0.05, 0.1) is 5.52 Å². The van der Waals surface area contributed by atoms with E-state index in [1.54, 1.807) is 36.8 Å². The molecule has 6 rings (SSSR count). The number of pyridine rings is 1. The summed E-state index contributed by atoms with van der Waals surface area (Å²) in [4.78, 5) is 34.7. The van der Waals surface area contributed by atoms with Gasteiger partial charge in [0.2, 0.25) is 5.88 Å². The van der Waals surface area contributed by atoms with E-state index in [0.717, 1.165) is 49.4 Å². The van der Waals surface area contributed by atoms with Gasteiger partial charge in [-0.25, -0.2) is 4.98 Å². The van der Waals surface area contributed by atoms with E-state index in [4.69, 9.17) is 16.3 Å². The zero-order valence-corrected chi connectivity index (χ0v) is 23.9. The number of likely N-dealkylation sites (N-methyl/N-ethyl adjacent to an activating group) is 1. The number of nitrogens with one attached hydrogen (secondary N) is 1. The van der Waals surface area contributed by atoms with Gasteiger partial charge in [0, 0.05) is 73.9 Å². The predicted molar refractivity (Wildman–Crippen MR) is 161 cm³/mol. The van der Waals surface area contributed by atoms with Gasteiger partial charge in [-0.3, -0.25) is 14.7 Å². The average Bonchev–Trinajstić information content (AvgIpc) is 3.47. The molecule has 1 fully saturated rings. The topological polar surface area (TPSA) is 87.2 Å². The van der Waals surface area contributed by atoms with Gasteiger partial charge in [-0.1, -0.05) is 23.7 Å². The summed E-state index contributed by atoms with van der Waals surface area (Å²) in [6.07, 6.45) is 5.36. The van der Waals surface area contributed by atoms with E-state index in [-0.39, 0.29) is 12.2 Å². The van der Waals surface area contributed by atoms with Crippen LogP contribution in [0.4, 0.5) is 0 Å². The number of hydrogen-bond acceptors (Lipinski definition) is 7. The van der Waals surface area contributed by atoms with Crippen molar-refractivity contribution in [1.29, 1.82) is 0 Å². The number of rotatable bonds is 8. The number of aromatic nitrogens is 4. The summed E-state index contributed by atoms with van der Waals surface area (Å²) in [6, 6.07) is 16.9. The van der Waals surface area contributed by atoms with E-state index in [9.17, 15) is 4.79 Å². The molecule has 0 atom stereocenters. The van der Waals surface area contributed by atoms with Crippen molar-refractivity contribution in [1.82, 2.24) is 29.7 Å². The van der Waals surface area contributed by atoms with E-state index in [1.165, 1.54) is 5.56 Å². The number of halogens is 1. The maximum Gasteiger partial charge on any atom is 0.247 e. The summed E-state index contributed by atoms with van der Waals surface area (Å²) in [5.41, 5.74) is 6.01. The highest BCUT2D eigenvalue weighted by atomic mass is 35.5. The van der Waals surface area contributed by atoms with Crippen LogP contribution in [0.25, 0.3) is 22.4 Å². The molecule has 0 aliphatic carbocycles. The summed E-state index contributed by atoms with van der Waals surface area (Å²) < 4.78 is 6.23. The van der Waals surface area contributed by atoms with E-state index in [1.807, 2.05) is 30.3 Å². The quantitative estimate of drug-likeness (QED) is 0.232. The average molecular weight is 567 g/mol. The molecule has 0 spiro atoms. The van der Waals surface area contributed by atoms with Crippen LogP contribution in [0.1, 0.15) is 27.0 Å². The van der Waals surface area contributed by atoms with Gasteiger partial charge >= 0.3 is 0 Å². The summed E-state index contributed by atoms with van der Waals surface area (Å²) in [5.74, 6) is 1.46. The Morgan fingerprint density at radius 3 is 2.56 bits per heavy atom. The maximum absolute atomic E-state index is 13.3. The molecule has 8 nitrogen and oxygen atoms in total.